The highest BCUT2D eigenvalue weighted by Gasteiger charge is 2.07. The van der Waals surface area contributed by atoms with Crippen molar-refractivity contribution in [3.05, 3.63) is 54.4 Å². The average molecular weight is 315 g/mol. The van der Waals surface area contributed by atoms with Crippen LogP contribution in [0.4, 0.5) is 0 Å². The van der Waals surface area contributed by atoms with Crippen LogP contribution in [0.5, 0.6) is 0 Å². The maximum absolute atomic E-state index is 11.1. The van der Waals surface area contributed by atoms with Crippen LogP contribution >= 0.6 is 0 Å². The minimum Gasteiger partial charge on any atom is -0.469 e. The molecule has 0 unspecified atom stereocenters. The normalized spacial score (nSPS) is 10.5. The maximum Gasteiger partial charge on any atom is 0.305 e. The molecule has 0 fully saturated rings. The van der Waals surface area contributed by atoms with E-state index in [0.717, 1.165) is 38.8 Å². The van der Waals surface area contributed by atoms with Gasteiger partial charge in [-0.2, -0.15) is 9.89 Å². The molecular formula is C18H25N3O2. The van der Waals surface area contributed by atoms with E-state index in [4.69, 9.17) is 0 Å². The van der Waals surface area contributed by atoms with Gasteiger partial charge in [0.05, 0.1) is 19.9 Å². The van der Waals surface area contributed by atoms with Crippen LogP contribution in [-0.4, -0.2) is 29.5 Å². The molecule has 0 bridgehead atoms. The number of carbonyl (C=O) groups is 1. The van der Waals surface area contributed by atoms with Crippen molar-refractivity contribution in [2.75, 3.05) is 18.7 Å². The Kier molecular flexibility index (Phi) is 7.17. The molecule has 2 aromatic rings. The van der Waals surface area contributed by atoms with Crippen molar-refractivity contribution in [1.29, 1.82) is 0 Å². The van der Waals surface area contributed by atoms with Gasteiger partial charge in [-0.1, -0.05) is 43.2 Å². The second-order valence-corrected chi connectivity index (χ2v) is 5.54. The van der Waals surface area contributed by atoms with E-state index in [1.807, 2.05) is 23.1 Å². The molecule has 0 saturated heterocycles. The first kappa shape index (κ1) is 17.1. The number of methoxy groups -OCH3 is 1. The van der Waals surface area contributed by atoms with E-state index in [1.165, 1.54) is 12.7 Å². The highest BCUT2D eigenvalue weighted by atomic mass is 16.5. The van der Waals surface area contributed by atoms with Crippen LogP contribution in [0.25, 0.3) is 0 Å². The van der Waals surface area contributed by atoms with Crippen molar-refractivity contribution in [3.8, 4) is 0 Å². The fourth-order valence-electron chi connectivity index (χ4n) is 2.50. The number of esters is 1. The zero-order valence-corrected chi connectivity index (χ0v) is 13.7. The standard InChI is InChI=1S/C18H25N3O2/c1-23-18(22)12-7-2-3-8-14-20(21-15-9-13-19-21)16-17-10-5-4-6-11-17/h4-6,9-11,13,15H,2-3,7-8,12,14,16H2,1H3. The van der Waals surface area contributed by atoms with Crippen molar-refractivity contribution < 1.29 is 9.53 Å². The van der Waals surface area contributed by atoms with Crippen LogP contribution in [0.2, 0.25) is 0 Å². The van der Waals surface area contributed by atoms with E-state index in [0.29, 0.717) is 6.42 Å². The molecule has 0 aliphatic rings. The minimum atomic E-state index is -0.118. The zero-order chi connectivity index (χ0) is 16.3. The molecule has 1 aromatic heterocycles. The second kappa shape index (κ2) is 9.66. The second-order valence-electron chi connectivity index (χ2n) is 5.54. The van der Waals surface area contributed by atoms with Crippen molar-refractivity contribution in [2.24, 2.45) is 0 Å². The fraction of sp³-hybridized carbons (Fsp3) is 0.444. The van der Waals surface area contributed by atoms with Gasteiger partial charge in [0.2, 0.25) is 0 Å². The van der Waals surface area contributed by atoms with E-state index in [-0.39, 0.29) is 5.97 Å². The molecule has 0 aliphatic heterocycles. The first-order valence-corrected chi connectivity index (χ1v) is 8.15. The number of aromatic nitrogens is 2. The van der Waals surface area contributed by atoms with Gasteiger partial charge >= 0.3 is 5.97 Å². The van der Waals surface area contributed by atoms with Crippen LogP contribution < -0.4 is 5.01 Å². The summed E-state index contributed by atoms with van der Waals surface area (Å²) in [7, 11) is 1.44. The molecule has 0 N–H and O–H groups in total. The van der Waals surface area contributed by atoms with Crippen LogP contribution in [0.3, 0.4) is 0 Å². The molecule has 124 valence electrons. The predicted molar refractivity (Wildman–Crippen MR) is 90.6 cm³/mol. The Labute approximate surface area is 137 Å². The number of hydrogen-bond donors (Lipinski definition) is 0. The van der Waals surface area contributed by atoms with Crippen LogP contribution in [-0.2, 0) is 16.1 Å². The van der Waals surface area contributed by atoms with Gasteiger partial charge in [0.1, 0.15) is 0 Å². The van der Waals surface area contributed by atoms with Crippen molar-refractivity contribution in [3.63, 3.8) is 0 Å². The van der Waals surface area contributed by atoms with Gasteiger partial charge in [0.25, 0.3) is 0 Å². The number of rotatable bonds is 10. The predicted octanol–water partition coefficient (Wildman–Crippen LogP) is 3.14. The summed E-state index contributed by atoms with van der Waals surface area (Å²) in [5.41, 5.74) is 1.27. The Morgan fingerprint density at radius 1 is 1.13 bits per heavy atom. The summed E-state index contributed by atoms with van der Waals surface area (Å²) < 4.78 is 4.65. The molecule has 0 amide bonds. The lowest BCUT2D eigenvalue weighted by Gasteiger charge is -2.24. The summed E-state index contributed by atoms with van der Waals surface area (Å²) in [5.74, 6) is -0.118. The minimum absolute atomic E-state index is 0.118. The van der Waals surface area contributed by atoms with E-state index in [1.54, 1.807) is 6.20 Å². The van der Waals surface area contributed by atoms with E-state index >= 15 is 0 Å². The summed E-state index contributed by atoms with van der Waals surface area (Å²) >= 11 is 0. The molecule has 1 heterocycles. The van der Waals surface area contributed by atoms with E-state index in [9.17, 15) is 4.79 Å². The Bertz CT molecular complexity index is 555. The molecule has 23 heavy (non-hydrogen) atoms. The lowest BCUT2D eigenvalue weighted by Crippen LogP contribution is -2.35. The third kappa shape index (κ3) is 6.14. The third-order valence-corrected chi connectivity index (χ3v) is 3.76. The van der Waals surface area contributed by atoms with Crippen molar-refractivity contribution >= 4 is 5.97 Å². The molecule has 0 radical (unpaired) electrons. The third-order valence-electron chi connectivity index (χ3n) is 3.76. The summed E-state index contributed by atoms with van der Waals surface area (Å²) in [6.45, 7) is 1.78. The number of carbonyl (C=O) groups excluding carboxylic acids is 1. The maximum atomic E-state index is 11.1. The Hall–Kier alpha value is -2.30. The van der Waals surface area contributed by atoms with E-state index < -0.39 is 0 Å². The van der Waals surface area contributed by atoms with Crippen LogP contribution in [0.1, 0.15) is 37.7 Å². The summed E-state index contributed by atoms with van der Waals surface area (Å²) in [6, 6.07) is 12.4. The van der Waals surface area contributed by atoms with E-state index in [2.05, 4.69) is 39.1 Å². The van der Waals surface area contributed by atoms with Gasteiger partial charge in [-0.25, -0.2) is 0 Å². The molecule has 0 spiro atoms. The Balaban J connectivity index is 1.76. The van der Waals surface area contributed by atoms with Crippen LogP contribution in [0.15, 0.2) is 48.8 Å². The Morgan fingerprint density at radius 3 is 2.61 bits per heavy atom. The number of hydrogen-bond acceptors (Lipinski definition) is 4. The van der Waals surface area contributed by atoms with Crippen molar-refractivity contribution in [2.45, 2.75) is 38.6 Å². The molecular weight excluding hydrogens is 290 g/mol. The topological polar surface area (TPSA) is 47.4 Å². The van der Waals surface area contributed by atoms with Crippen molar-refractivity contribution in [1.82, 2.24) is 9.89 Å². The molecule has 2 rings (SSSR count). The Morgan fingerprint density at radius 2 is 1.91 bits per heavy atom. The average Bonchev–Trinajstić information content (AvgIpc) is 3.12. The number of nitrogens with zero attached hydrogens (tertiary/aromatic N) is 3. The monoisotopic (exact) mass is 315 g/mol. The lowest BCUT2D eigenvalue weighted by atomic mass is 10.1. The van der Waals surface area contributed by atoms with Gasteiger partial charge in [0, 0.05) is 19.2 Å². The number of benzene rings is 1. The largest absolute Gasteiger partial charge is 0.469 e. The van der Waals surface area contributed by atoms with Gasteiger partial charge in [-0.05, 0) is 24.5 Å². The zero-order valence-electron chi connectivity index (χ0n) is 13.7. The highest BCUT2D eigenvalue weighted by Crippen LogP contribution is 2.08. The summed E-state index contributed by atoms with van der Waals surface area (Å²) in [6.07, 6.45) is 8.41. The number of unbranched alkanes of at least 4 members (excludes halogenated alkanes) is 3. The first-order chi connectivity index (χ1) is 11.3. The molecule has 0 atom stereocenters. The first-order valence-electron chi connectivity index (χ1n) is 8.15. The van der Waals surface area contributed by atoms with Gasteiger partial charge < -0.3 is 4.74 Å². The molecule has 0 aliphatic carbocycles. The molecule has 1 aromatic carbocycles. The molecule has 5 heteroatoms. The van der Waals surface area contributed by atoms with Gasteiger partial charge in [-0.3, -0.25) is 9.80 Å². The fourth-order valence-corrected chi connectivity index (χ4v) is 2.50. The smallest absolute Gasteiger partial charge is 0.305 e. The highest BCUT2D eigenvalue weighted by molar-refractivity contribution is 5.68. The quantitative estimate of drug-likeness (QED) is 0.499. The van der Waals surface area contributed by atoms with Gasteiger partial charge in [-0.15, -0.1) is 0 Å². The number of ether oxygens (including phenoxy) is 1. The lowest BCUT2D eigenvalue weighted by molar-refractivity contribution is -0.140. The van der Waals surface area contributed by atoms with Crippen LogP contribution in [0, 0.1) is 0 Å². The van der Waals surface area contributed by atoms with Gasteiger partial charge in [0.15, 0.2) is 0 Å². The summed E-state index contributed by atoms with van der Waals surface area (Å²) in [4.78, 5) is 13.0. The summed E-state index contributed by atoms with van der Waals surface area (Å²) in [5, 5.41) is 6.58. The molecule has 0 saturated carbocycles. The molecule has 5 nitrogen and oxygen atoms in total. The SMILES string of the molecule is COC(=O)CCCCCCN(Cc1ccccc1)n1cccn1.